The van der Waals surface area contributed by atoms with Crippen molar-refractivity contribution in [2.24, 2.45) is 0 Å². The number of nitrogens with zero attached hydrogens (tertiary/aromatic N) is 4. The molecule has 0 aromatic carbocycles. The molecule has 0 spiro atoms. The molecular weight excluding hydrogens is 260 g/mol. The minimum Gasteiger partial charge on any atom is -0.377 e. The van der Waals surface area contributed by atoms with E-state index in [1.165, 1.54) is 11.3 Å². The number of thiophene rings is 1. The van der Waals surface area contributed by atoms with Crippen molar-refractivity contribution in [2.75, 3.05) is 19.0 Å². The van der Waals surface area contributed by atoms with Crippen LogP contribution in [-0.4, -0.2) is 28.6 Å². The number of aryl methyl sites for hydroxylation is 1. The van der Waals surface area contributed by atoms with E-state index in [2.05, 4.69) is 9.97 Å². The molecule has 3 heterocycles. The third-order valence-corrected chi connectivity index (χ3v) is 4.22. The summed E-state index contributed by atoms with van der Waals surface area (Å²) in [5.74, 6) is 0. The van der Waals surface area contributed by atoms with Gasteiger partial charge in [0.05, 0.1) is 22.9 Å². The van der Waals surface area contributed by atoms with Crippen LogP contribution in [0.15, 0.2) is 23.4 Å². The van der Waals surface area contributed by atoms with Crippen LogP contribution in [0.5, 0.6) is 0 Å². The first-order chi connectivity index (χ1) is 9.13. The van der Waals surface area contributed by atoms with Gasteiger partial charge in [0.15, 0.2) is 0 Å². The van der Waals surface area contributed by atoms with Crippen molar-refractivity contribution < 1.29 is 0 Å². The summed E-state index contributed by atoms with van der Waals surface area (Å²) in [4.78, 5) is 24.0. The molecule has 0 aliphatic rings. The molecule has 0 radical (unpaired) electrons. The van der Waals surface area contributed by atoms with Crippen molar-refractivity contribution >= 4 is 37.5 Å². The van der Waals surface area contributed by atoms with E-state index in [1.54, 1.807) is 17.1 Å². The Balaban J connectivity index is 2.51. The summed E-state index contributed by atoms with van der Waals surface area (Å²) in [5.41, 5.74) is 1.81. The normalized spacial score (nSPS) is 11.3. The molecule has 0 atom stereocenters. The van der Waals surface area contributed by atoms with Gasteiger partial charge in [-0.25, -0.2) is 9.97 Å². The first-order valence-corrected chi connectivity index (χ1v) is 6.89. The number of pyridine rings is 1. The number of fused-ring (bicyclic) bond motifs is 3. The van der Waals surface area contributed by atoms with Crippen LogP contribution in [0.25, 0.3) is 20.4 Å². The quantitative estimate of drug-likeness (QED) is 0.718. The predicted molar refractivity (Wildman–Crippen MR) is 79.2 cm³/mol. The highest BCUT2D eigenvalue weighted by molar-refractivity contribution is 7.25. The Labute approximate surface area is 114 Å². The van der Waals surface area contributed by atoms with Crippen LogP contribution in [-0.2, 0) is 6.54 Å². The number of rotatable bonds is 2. The third kappa shape index (κ3) is 1.71. The summed E-state index contributed by atoms with van der Waals surface area (Å²) in [7, 11) is 3.96. The van der Waals surface area contributed by atoms with Gasteiger partial charge in [0.2, 0.25) is 0 Å². The Hall–Kier alpha value is -1.95. The lowest BCUT2D eigenvalue weighted by molar-refractivity contribution is 0.719. The fraction of sp³-hybridized carbons (Fsp3) is 0.308. The molecule has 98 valence electrons. The number of anilines is 1. The summed E-state index contributed by atoms with van der Waals surface area (Å²) in [5, 5.41) is 0.966. The fourth-order valence-corrected chi connectivity index (χ4v) is 3.23. The maximum Gasteiger partial charge on any atom is 0.271 e. The van der Waals surface area contributed by atoms with E-state index in [-0.39, 0.29) is 5.56 Å². The van der Waals surface area contributed by atoms with Crippen LogP contribution in [0.3, 0.4) is 0 Å². The number of aromatic nitrogens is 3. The van der Waals surface area contributed by atoms with Gasteiger partial charge < -0.3 is 4.90 Å². The van der Waals surface area contributed by atoms with Crippen LogP contribution in [0, 0.1) is 0 Å². The number of hydrogen-bond acceptors (Lipinski definition) is 5. The van der Waals surface area contributed by atoms with E-state index in [0.717, 1.165) is 21.4 Å². The number of hydrogen-bond donors (Lipinski definition) is 0. The Morgan fingerprint density at radius 1 is 1.37 bits per heavy atom. The SMILES string of the molecule is CCn1cnc2c(sc3nccc(N(C)C)c32)c1=O. The van der Waals surface area contributed by atoms with Gasteiger partial charge in [-0.05, 0) is 13.0 Å². The molecule has 3 aromatic heterocycles. The molecule has 19 heavy (non-hydrogen) atoms. The van der Waals surface area contributed by atoms with Crippen molar-refractivity contribution in [1.82, 2.24) is 14.5 Å². The maximum absolute atomic E-state index is 12.3. The molecule has 6 heteroatoms. The molecule has 0 aliphatic carbocycles. The Morgan fingerprint density at radius 3 is 2.84 bits per heavy atom. The zero-order valence-corrected chi connectivity index (χ0v) is 11.9. The molecule has 0 N–H and O–H groups in total. The lowest BCUT2D eigenvalue weighted by atomic mass is 10.2. The second kappa shape index (κ2) is 4.31. The molecule has 3 aromatic rings. The van der Waals surface area contributed by atoms with Crippen LogP contribution in [0.2, 0.25) is 0 Å². The topological polar surface area (TPSA) is 51.0 Å². The zero-order chi connectivity index (χ0) is 13.6. The minimum absolute atomic E-state index is 0.0141. The Morgan fingerprint density at radius 2 is 2.16 bits per heavy atom. The first-order valence-electron chi connectivity index (χ1n) is 6.07. The van der Waals surface area contributed by atoms with Crippen LogP contribution >= 0.6 is 11.3 Å². The molecule has 0 saturated carbocycles. The van der Waals surface area contributed by atoms with Crippen LogP contribution in [0.1, 0.15) is 6.92 Å². The van der Waals surface area contributed by atoms with Gasteiger partial charge in [-0.15, -0.1) is 11.3 Å². The second-order valence-corrected chi connectivity index (χ2v) is 5.52. The second-order valence-electron chi connectivity index (χ2n) is 4.52. The monoisotopic (exact) mass is 274 g/mol. The van der Waals surface area contributed by atoms with Gasteiger partial charge in [0.25, 0.3) is 5.56 Å². The average molecular weight is 274 g/mol. The maximum atomic E-state index is 12.3. The Kier molecular flexibility index (Phi) is 2.74. The molecule has 5 nitrogen and oxygen atoms in total. The molecule has 0 aliphatic heterocycles. The highest BCUT2D eigenvalue weighted by atomic mass is 32.1. The average Bonchev–Trinajstić information content (AvgIpc) is 2.78. The van der Waals surface area contributed by atoms with Crippen molar-refractivity contribution in [2.45, 2.75) is 13.5 Å². The smallest absolute Gasteiger partial charge is 0.271 e. The summed E-state index contributed by atoms with van der Waals surface area (Å²) in [6.07, 6.45) is 3.38. The van der Waals surface area contributed by atoms with Gasteiger partial charge in [-0.2, -0.15) is 0 Å². The highest BCUT2D eigenvalue weighted by Crippen LogP contribution is 2.34. The van der Waals surface area contributed by atoms with Crippen molar-refractivity contribution in [3.63, 3.8) is 0 Å². The van der Waals surface area contributed by atoms with E-state index in [0.29, 0.717) is 11.2 Å². The summed E-state index contributed by atoms with van der Waals surface area (Å²) >= 11 is 1.42. The zero-order valence-electron chi connectivity index (χ0n) is 11.0. The van der Waals surface area contributed by atoms with Gasteiger partial charge >= 0.3 is 0 Å². The van der Waals surface area contributed by atoms with E-state index in [9.17, 15) is 4.79 Å². The molecule has 0 unspecified atom stereocenters. The lowest BCUT2D eigenvalue weighted by Gasteiger charge is -2.13. The molecule has 0 saturated heterocycles. The van der Waals surface area contributed by atoms with Crippen LogP contribution in [0.4, 0.5) is 5.69 Å². The van der Waals surface area contributed by atoms with Gasteiger partial charge in [-0.3, -0.25) is 9.36 Å². The molecule has 0 amide bonds. The minimum atomic E-state index is 0.0141. The van der Waals surface area contributed by atoms with Crippen molar-refractivity contribution in [3.05, 3.63) is 28.9 Å². The summed E-state index contributed by atoms with van der Waals surface area (Å²) in [6.45, 7) is 2.57. The first kappa shape index (κ1) is 12.1. The fourth-order valence-electron chi connectivity index (χ4n) is 2.17. The summed E-state index contributed by atoms with van der Waals surface area (Å²) in [6, 6.07) is 1.95. The van der Waals surface area contributed by atoms with E-state index < -0.39 is 0 Å². The molecular formula is C13H14N4OS. The van der Waals surface area contributed by atoms with Crippen LogP contribution < -0.4 is 10.5 Å². The van der Waals surface area contributed by atoms with Gasteiger partial charge in [0, 0.05) is 26.8 Å². The standard InChI is InChI=1S/C13H14N4OS/c1-4-17-7-15-10-9-8(16(2)3)5-6-14-12(9)19-11(10)13(17)18/h5-7H,4H2,1-3H3. The van der Waals surface area contributed by atoms with E-state index in [4.69, 9.17) is 0 Å². The van der Waals surface area contributed by atoms with Gasteiger partial charge in [0.1, 0.15) is 9.53 Å². The van der Waals surface area contributed by atoms with E-state index in [1.807, 2.05) is 32.0 Å². The predicted octanol–water partition coefficient (Wildman–Crippen LogP) is 2.09. The lowest BCUT2D eigenvalue weighted by Crippen LogP contribution is -2.18. The van der Waals surface area contributed by atoms with Crippen molar-refractivity contribution in [1.29, 1.82) is 0 Å². The largest absolute Gasteiger partial charge is 0.377 e. The van der Waals surface area contributed by atoms with Crippen molar-refractivity contribution in [3.8, 4) is 0 Å². The highest BCUT2D eigenvalue weighted by Gasteiger charge is 2.15. The molecule has 0 bridgehead atoms. The van der Waals surface area contributed by atoms with E-state index >= 15 is 0 Å². The molecule has 3 rings (SSSR count). The van der Waals surface area contributed by atoms with Gasteiger partial charge in [-0.1, -0.05) is 0 Å². The Bertz CT molecular complexity index is 818. The summed E-state index contributed by atoms with van der Waals surface area (Å²) < 4.78 is 2.30. The molecule has 0 fully saturated rings. The third-order valence-electron chi connectivity index (χ3n) is 3.15.